The number of aliphatic hydroxyl groups excluding tert-OH is 1. The fourth-order valence-corrected chi connectivity index (χ4v) is 2.47. The van der Waals surface area contributed by atoms with E-state index in [9.17, 15) is 5.11 Å². The molecule has 18 heavy (non-hydrogen) atoms. The van der Waals surface area contributed by atoms with Crippen molar-refractivity contribution in [1.29, 1.82) is 0 Å². The highest BCUT2D eigenvalue weighted by molar-refractivity contribution is 6.31. The van der Waals surface area contributed by atoms with Crippen LogP contribution in [0.25, 0.3) is 0 Å². The molecule has 0 fully saturated rings. The molecule has 1 nitrogen and oxygen atoms in total. The summed E-state index contributed by atoms with van der Waals surface area (Å²) in [6, 6.07) is 16.0. The van der Waals surface area contributed by atoms with Crippen LogP contribution in [-0.2, 0) is 6.42 Å². The molecule has 0 aliphatic heterocycles. The average Bonchev–Trinajstić information content (AvgIpc) is 2.39. The summed E-state index contributed by atoms with van der Waals surface area (Å²) in [6.07, 6.45) is 0.812. The molecule has 0 saturated carbocycles. The van der Waals surface area contributed by atoms with Crippen LogP contribution >= 0.6 is 11.6 Å². The lowest BCUT2D eigenvalue weighted by Gasteiger charge is -2.17. The van der Waals surface area contributed by atoms with E-state index < -0.39 is 0 Å². The van der Waals surface area contributed by atoms with Gasteiger partial charge >= 0.3 is 0 Å². The van der Waals surface area contributed by atoms with Crippen LogP contribution in [0.1, 0.15) is 22.6 Å². The predicted octanol–water partition coefficient (Wildman–Crippen LogP) is 3.97. The summed E-state index contributed by atoms with van der Waals surface area (Å²) in [4.78, 5) is 0. The summed E-state index contributed by atoms with van der Waals surface area (Å²) in [7, 11) is 0. The second-order valence-corrected chi connectivity index (χ2v) is 4.94. The van der Waals surface area contributed by atoms with Gasteiger partial charge in [-0.25, -0.2) is 0 Å². The van der Waals surface area contributed by atoms with Crippen LogP contribution in [0, 0.1) is 6.92 Å². The van der Waals surface area contributed by atoms with Crippen molar-refractivity contribution in [1.82, 2.24) is 0 Å². The van der Waals surface area contributed by atoms with Gasteiger partial charge in [-0.1, -0.05) is 54.1 Å². The van der Waals surface area contributed by atoms with Crippen LogP contribution in [0.4, 0.5) is 0 Å². The summed E-state index contributed by atoms with van der Waals surface area (Å²) in [5.74, 6) is 0.0554. The minimum absolute atomic E-state index is 0.0554. The van der Waals surface area contributed by atoms with Gasteiger partial charge in [0.2, 0.25) is 0 Å². The fraction of sp³-hybridized carbons (Fsp3) is 0.250. The lowest BCUT2D eigenvalue weighted by Crippen LogP contribution is -2.09. The number of rotatable bonds is 4. The normalized spacial score (nSPS) is 12.4. The molecule has 0 aliphatic carbocycles. The van der Waals surface area contributed by atoms with E-state index in [1.807, 2.05) is 36.4 Å². The van der Waals surface area contributed by atoms with Crippen LogP contribution in [0.3, 0.4) is 0 Å². The average molecular weight is 261 g/mol. The summed E-state index contributed by atoms with van der Waals surface area (Å²) in [5.41, 5.74) is 3.53. The van der Waals surface area contributed by atoms with Crippen molar-refractivity contribution in [3.8, 4) is 0 Å². The van der Waals surface area contributed by atoms with E-state index in [1.54, 1.807) is 0 Å². The zero-order valence-electron chi connectivity index (χ0n) is 10.4. The van der Waals surface area contributed by atoms with Gasteiger partial charge in [0.25, 0.3) is 0 Å². The molecule has 94 valence electrons. The fourth-order valence-electron chi connectivity index (χ4n) is 2.18. The smallest absolute Gasteiger partial charge is 0.0503 e. The molecule has 0 radical (unpaired) electrons. The number of benzene rings is 2. The van der Waals surface area contributed by atoms with Crippen molar-refractivity contribution in [3.05, 3.63) is 70.2 Å². The van der Waals surface area contributed by atoms with Crippen molar-refractivity contribution in [2.24, 2.45) is 0 Å². The van der Waals surface area contributed by atoms with E-state index in [1.165, 1.54) is 11.1 Å². The van der Waals surface area contributed by atoms with E-state index in [0.717, 1.165) is 17.0 Å². The topological polar surface area (TPSA) is 20.2 Å². The maximum atomic E-state index is 9.60. The minimum atomic E-state index is 0.0554. The highest BCUT2D eigenvalue weighted by Gasteiger charge is 2.14. The Morgan fingerprint density at radius 1 is 1.06 bits per heavy atom. The first-order chi connectivity index (χ1) is 8.72. The zero-order chi connectivity index (χ0) is 13.0. The van der Waals surface area contributed by atoms with Crippen molar-refractivity contribution >= 4 is 11.6 Å². The highest BCUT2D eigenvalue weighted by Crippen LogP contribution is 2.27. The van der Waals surface area contributed by atoms with Gasteiger partial charge in [0.05, 0.1) is 6.61 Å². The number of hydrogen-bond donors (Lipinski definition) is 1. The number of hydrogen-bond acceptors (Lipinski definition) is 1. The Balaban J connectivity index is 2.26. The molecule has 2 aromatic rings. The first-order valence-electron chi connectivity index (χ1n) is 6.12. The molecule has 0 amide bonds. The maximum absolute atomic E-state index is 9.60. The summed E-state index contributed by atoms with van der Waals surface area (Å²) in [5, 5.41) is 10.3. The van der Waals surface area contributed by atoms with E-state index in [4.69, 9.17) is 11.6 Å². The largest absolute Gasteiger partial charge is 0.396 e. The molecule has 1 unspecified atom stereocenters. The third-order valence-electron chi connectivity index (χ3n) is 3.29. The van der Waals surface area contributed by atoms with Crippen LogP contribution in [0.15, 0.2) is 48.5 Å². The van der Waals surface area contributed by atoms with Crippen molar-refractivity contribution in [3.63, 3.8) is 0 Å². The quantitative estimate of drug-likeness (QED) is 0.882. The number of aliphatic hydroxyl groups is 1. The Bertz CT molecular complexity index is 522. The van der Waals surface area contributed by atoms with Crippen LogP contribution < -0.4 is 0 Å². The molecule has 0 spiro atoms. The monoisotopic (exact) mass is 260 g/mol. The van der Waals surface area contributed by atoms with Gasteiger partial charge < -0.3 is 5.11 Å². The second-order valence-electron chi connectivity index (χ2n) is 4.53. The Morgan fingerprint density at radius 2 is 1.72 bits per heavy atom. The molecule has 2 rings (SSSR count). The number of aryl methyl sites for hydroxylation is 1. The third kappa shape index (κ3) is 2.92. The summed E-state index contributed by atoms with van der Waals surface area (Å²) >= 11 is 6.19. The molecule has 1 N–H and O–H groups in total. The highest BCUT2D eigenvalue weighted by atomic mass is 35.5. The standard InChI is InChI=1S/C16H17ClO/c1-12-6-2-3-7-13(12)10-14(11-18)15-8-4-5-9-16(15)17/h2-9,14,18H,10-11H2,1H3. The predicted molar refractivity (Wildman–Crippen MR) is 76.2 cm³/mol. The van der Waals surface area contributed by atoms with Gasteiger partial charge in [-0.2, -0.15) is 0 Å². The number of halogens is 1. The molecule has 0 bridgehead atoms. The Morgan fingerprint density at radius 3 is 2.39 bits per heavy atom. The molecule has 0 aromatic heterocycles. The van der Waals surface area contributed by atoms with Crippen molar-refractivity contribution in [2.75, 3.05) is 6.61 Å². The van der Waals surface area contributed by atoms with Gasteiger partial charge in [0.15, 0.2) is 0 Å². The maximum Gasteiger partial charge on any atom is 0.0503 e. The Kier molecular flexibility index (Phi) is 4.40. The lowest BCUT2D eigenvalue weighted by atomic mass is 9.91. The summed E-state index contributed by atoms with van der Waals surface area (Å²) in [6.45, 7) is 2.20. The lowest BCUT2D eigenvalue weighted by molar-refractivity contribution is 0.264. The van der Waals surface area contributed by atoms with Gasteiger partial charge in [0, 0.05) is 10.9 Å². The van der Waals surface area contributed by atoms with Crippen molar-refractivity contribution in [2.45, 2.75) is 19.3 Å². The van der Waals surface area contributed by atoms with Gasteiger partial charge in [-0.15, -0.1) is 0 Å². The minimum Gasteiger partial charge on any atom is -0.396 e. The van der Waals surface area contributed by atoms with Gasteiger partial charge in [0.1, 0.15) is 0 Å². The molecule has 2 aromatic carbocycles. The molecule has 0 aliphatic rings. The zero-order valence-corrected chi connectivity index (χ0v) is 11.2. The first-order valence-corrected chi connectivity index (χ1v) is 6.50. The van der Waals surface area contributed by atoms with Crippen LogP contribution in [0.5, 0.6) is 0 Å². The third-order valence-corrected chi connectivity index (χ3v) is 3.64. The van der Waals surface area contributed by atoms with Crippen LogP contribution in [-0.4, -0.2) is 11.7 Å². The molecule has 1 atom stereocenters. The Labute approximate surface area is 113 Å². The van der Waals surface area contributed by atoms with E-state index in [2.05, 4.69) is 19.1 Å². The van der Waals surface area contributed by atoms with Gasteiger partial charge in [-0.3, -0.25) is 0 Å². The van der Waals surface area contributed by atoms with Crippen molar-refractivity contribution < 1.29 is 5.11 Å². The van der Waals surface area contributed by atoms with Crippen LogP contribution in [0.2, 0.25) is 5.02 Å². The molecular formula is C16H17ClO. The van der Waals surface area contributed by atoms with Gasteiger partial charge in [-0.05, 0) is 36.1 Å². The molecule has 0 saturated heterocycles. The van der Waals surface area contributed by atoms with E-state index in [-0.39, 0.29) is 12.5 Å². The SMILES string of the molecule is Cc1ccccc1CC(CO)c1ccccc1Cl. The van der Waals surface area contributed by atoms with E-state index >= 15 is 0 Å². The molecule has 0 heterocycles. The first kappa shape index (κ1) is 13.1. The summed E-state index contributed by atoms with van der Waals surface area (Å²) < 4.78 is 0. The van der Waals surface area contributed by atoms with E-state index in [0.29, 0.717) is 0 Å². The molecule has 2 heteroatoms. The Hall–Kier alpha value is -1.31. The second kappa shape index (κ2) is 6.03. The molecular weight excluding hydrogens is 244 g/mol.